The van der Waals surface area contributed by atoms with Crippen molar-refractivity contribution < 1.29 is 32.7 Å². The molecule has 1 aliphatic rings. The van der Waals surface area contributed by atoms with Gasteiger partial charge in [0.05, 0.1) is 0 Å². The van der Waals surface area contributed by atoms with E-state index in [0.717, 1.165) is 15.4 Å². The van der Waals surface area contributed by atoms with E-state index in [1.807, 2.05) is 81.0 Å². The van der Waals surface area contributed by atoms with Crippen LogP contribution in [0.3, 0.4) is 0 Å². The summed E-state index contributed by atoms with van der Waals surface area (Å²) in [4.78, 5) is 43.2. The van der Waals surface area contributed by atoms with E-state index in [2.05, 4.69) is 10.6 Å². The zero-order chi connectivity index (χ0) is 34.0. The fraction of sp³-hybridized carbons (Fsp3) is 0.382. The molecule has 1 heterocycles. The summed E-state index contributed by atoms with van der Waals surface area (Å²) in [6.45, 7) is 5.59. The number of nitrogens with zero attached hydrogens (tertiary/aromatic N) is 1. The first-order valence-electron chi connectivity index (χ1n) is 15.4. The van der Waals surface area contributed by atoms with E-state index < -0.39 is 43.4 Å². The van der Waals surface area contributed by atoms with Crippen LogP contribution in [0.4, 0.5) is 4.79 Å². The van der Waals surface area contributed by atoms with Gasteiger partial charge in [-0.3, -0.25) is 9.59 Å². The van der Waals surface area contributed by atoms with E-state index in [-0.39, 0.29) is 12.5 Å². The Hall–Kier alpha value is -3.60. The summed E-state index contributed by atoms with van der Waals surface area (Å²) in [6, 6.07) is 21.7. The van der Waals surface area contributed by atoms with Gasteiger partial charge in [-0.15, -0.1) is 23.5 Å². The van der Waals surface area contributed by atoms with Crippen LogP contribution in [0, 0.1) is 5.92 Å². The van der Waals surface area contributed by atoms with Crippen LogP contribution in [-0.4, -0.2) is 59.7 Å². The van der Waals surface area contributed by atoms with Crippen LogP contribution in [-0.2, 0) is 25.5 Å². The zero-order valence-electron chi connectivity index (χ0n) is 27.2. The number of thioether (sulfide) groups is 2. The Labute approximate surface area is 285 Å². The zero-order valence-corrected chi connectivity index (χ0v) is 29.7. The molecule has 0 saturated carbocycles. The monoisotopic (exact) mass is 699 g/mol. The molecule has 3 amide bonds. The number of likely N-dealkylation sites (tertiary alicyclic amines) is 1. The van der Waals surface area contributed by atoms with Crippen molar-refractivity contribution in [3.8, 4) is 11.5 Å². The molecule has 13 heteroatoms. The Morgan fingerprint density at radius 2 is 1.40 bits per heavy atom. The second-order valence-corrected chi connectivity index (χ2v) is 15.1. The van der Waals surface area contributed by atoms with Gasteiger partial charge in [0.2, 0.25) is 11.8 Å². The van der Waals surface area contributed by atoms with Crippen molar-refractivity contribution in [3.63, 3.8) is 0 Å². The predicted molar refractivity (Wildman–Crippen MR) is 186 cm³/mol. The second kappa shape index (κ2) is 17.0. The van der Waals surface area contributed by atoms with Gasteiger partial charge in [0.15, 0.2) is 5.78 Å². The van der Waals surface area contributed by atoms with Crippen molar-refractivity contribution >= 4 is 49.0 Å². The van der Waals surface area contributed by atoms with Gasteiger partial charge in [-0.2, -0.15) is 0 Å². The molecular formula is C34H42N3O7PS2. The second-order valence-electron chi connectivity index (χ2n) is 11.4. The maximum Gasteiger partial charge on any atom is 0.453 e. The first kappa shape index (κ1) is 36.2. The molecular weight excluding hydrogens is 657 g/mol. The van der Waals surface area contributed by atoms with Crippen molar-refractivity contribution in [1.29, 1.82) is 0 Å². The molecule has 1 saturated heterocycles. The average Bonchev–Trinajstić information content (AvgIpc) is 3.57. The summed E-state index contributed by atoms with van der Waals surface area (Å²) >= 11 is 3.13. The standard InChI is InChI=1S/C34H42N3O7PS2/c1-23(2)32(45(41,43-26-13-17-28(46-4)18-14-26)44-27-15-19-29(47-5)20-16-27)36-31(38)30-12-9-21-37(30)33(39)24(3)35-34(40)42-22-25-10-7-6-8-11-25/h6-8,10-11,13-20,23-24,30,32H,9,12,21-22H2,1-5H3,(H,35,40)(H,36,38)/t24-,30-,32?/m0/s1. The molecule has 47 heavy (non-hydrogen) atoms. The maximum absolute atomic E-state index is 14.8. The molecule has 252 valence electrons. The number of amides is 3. The third-order valence-electron chi connectivity index (χ3n) is 7.60. The number of carbonyl (C=O) groups is 3. The van der Waals surface area contributed by atoms with Gasteiger partial charge in [-0.05, 0) is 92.3 Å². The summed E-state index contributed by atoms with van der Waals surface area (Å²) in [5.74, 6) is -1.63. The van der Waals surface area contributed by atoms with Gasteiger partial charge in [0.25, 0.3) is 0 Å². The van der Waals surface area contributed by atoms with Gasteiger partial charge in [0.1, 0.15) is 30.2 Å². The number of ether oxygens (including phenoxy) is 1. The third-order valence-corrected chi connectivity index (χ3v) is 11.4. The molecule has 1 aliphatic heterocycles. The SMILES string of the molecule is CSc1ccc(OP(=O)(Oc2ccc(SC)cc2)C(NC(=O)[C@@H]2CCCN2C(=O)[C@H](C)NC(=O)OCc2ccccc2)C(C)C)cc1. The quantitative estimate of drug-likeness (QED) is 0.133. The van der Waals surface area contributed by atoms with Crippen LogP contribution in [0.1, 0.15) is 39.2 Å². The summed E-state index contributed by atoms with van der Waals surface area (Å²) < 4.78 is 32.3. The normalized spacial score (nSPS) is 15.9. The van der Waals surface area contributed by atoms with Crippen molar-refractivity contribution in [2.45, 2.75) is 67.9 Å². The van der Waals surface area contributed by atoms with Crippen LogP contribution in [0.15, 0.2) is 88.7 Å². The Morgan fingerprint density at radius 3 is 1.91 bits per heavy atom. The maximum atomic E-state index is 14.8. The van der Waals surface area contributed by atoms with Crippen molar-refractivity contribution in [1.82, 2.24) is 15.5 Å². The van der Waals surface area contributed by atoms with E-state index in [9.17, 15) is 18.9 Å². The summed E-state index contributed by atoms with van der Waals surface area (Å²) in [6.07, 6.45) is 4.18. The fourth-order valence-electron chi connectivity index (χ4n) is 5.11. The molecule has 3 atom stereocenters. The number of hydrogen-bond donors (Lipinski definition) is 2. The molecule has 2 N–H and O–H groups in total. The van der Waals surface area contributed by atoms with Crippen LogP contribution >= 0.6 is 31.1 Å². The number of hydrogen-bond acceptors (Lipinski definition) is 9. The van der Waals surface area contributed by atoms with Crippen LogP contribution in [0.5, 0.6) is 11.5 Å². The van der Waals surface area contributed by atoms with Crippen LogP contribution in [0.2, 0.25) is 0 Å². The van der Waals surface area contributed by atoms with E-state index in [0.29, 0.717) is 30.9 Å². The molecule has 4 rings (SSSR count). The van der Waals surface area contributed by atoms with Crippen LogP contribution < -0.4 is 19.7 Å². The van der Waals surface area contributed by atoms with Crippen molar-refractivity contribution in [2.24, 2.45) is 5.92 Å². The predicted octanol–water partition coefficient (Wildman–Crippen LogP) is 7.19. The molecule has 3 aromatic rings. The minimum Gasteiger partial charge on any atom is -0.445 e. The van der Waals surface area contributed by atoms with Gasteiger partial charge >= 0.3 is 13.7 Å². The van der Waals surface area contributed by atoms with Gasteiger partial charge < -0.3 is 29.3 Å². The number of alkyl carbamates (subject to hydrolysis) is 1. The summed E-state index contributed by atoms with van der Waals surface area (Å²) in [5, 5.41) is 5.49. The van der Waals surface area contributed by atoms with E-state index in [4.69, 9.17) is 13.8 Å². The molecule has 0 radical (unpaired) electrons. The third kappa shape index (κ3) is 9.95. The minimum absolute atomic E-state index is 0.0620. The Morgan fingerprint density at radius 1 is 0.851 bits per heavy atom. The number of benzene rings is 3. The molecule has 1 fully saturated rings. The molecule has 3 aromatic carbocycles. The van der Waals surface area contributed by atoms with Crippen molar-refractivity contribution in [2.75, 3.05) is 19.1 Å². The molecule has 0 aromatic heterocycles. The number of rotatable bonds is 14. The number of carbonyl (C=O) groups excluding carboxylic acids is 3. The lowest BCUT2D eigenvalue weighted by Gasteiger charge is -2.33. The largest absolute Gasteiger partial charge is 0.453 e. The Bertz CT molecular complexity index is 1490. The van der Waals surface area contributed by atoms with Gasteiger partial charge in [-0.25, -0.2) is 9.36 Å². The van der Waals surface area contributed by atoms with E-state index in [1.165, 1.54) is 4.90 Å². The molecule has 10 nitrogen and oxygen atoms in total. The highest BCUT2D eigenvalue weighted by Gasteiger charge is 2.45. The van der Waals surface area contributed by atoms with E-state index >= 15 is 0 Å². The molecule has 0 bridgehead atoms. The van der Waals surface area contributed by atoms with Crippen LogP contribution in [0.25, 0.3) is 0 Å². The molecule has 1 unspecified atom stereocenters. The van der Waals surface area contributed by atoms with Crippen molar-refractivity contribution in [3.05, 3.63) is 84.4 Å². The molecule has 0 spiro atoms. The van der Waals surface area contributed by atoms with Gasteiger partial charge in [-0.1, -0.05) is 44.2 Å². The highest BCUT2D eigenvalue weighted by Crippen LogP contribution is 2.54. The van der Waals surface area contributed by atoms with E-state index in [1.54, 1.807) is 54.7 Å². The Kier molecular flexibility index (Phi) is 13.1. The number of nitrogens with one attached hydrogen (secondary N) is 2. The smallest absolute Gasteiger partial charge is 0.445 e. The first-order chi connectivity index (χ1) is 22.5. The lowest BCUT2D eigenvalue weighted by Crippen LogP contribution is -2.54. The van der Waals surface area contributed by atoms with Gasteiger partial charge in [0, 0.05) is 16.3 Å². The summed E-state index contributed by atoms with van der Waals surface area (Å²) in [7, 11) is -4.11. The minimum atomic E-state index is -4.11. The molecule has 0 aliphatic carbocycles. The average molecular weight is 700 g/mol. The first-order valence-corrected chi connectivity index (χ1v) is 19.4. The Balaban J connectivity index is 1.49. The lowest BCUT2D eigenvalue weighted by atomic mass is 10.1. The highest BCUT2D eigenvalue weighted by molar-refractivity contribution is 7.98. The summed E-state index contributed by atoms with van der Waals surface area (Å²) in [5.41, 5.74) is 0.816. The topological polar surface area (TPSA) is 123 Å². The highest BCUT2D eigenvalue weighted by atomic mass is 32.2. The lowest BCUT2D eigenvalue weighted by molar-refractivity contribution is -0.139. The fourth-order valence-corrected chi connectivity index (χ4v) is 8.03.